The van der Waals surface area contributed by atoms with E-state index in [1.165, 1.54) is 18.3 Å². The minimum Gasteiger partial charge on any atom is -0.311 e. The van der Waals surface area contributed by atoms with E-state index in [2.05, 4.69) is 15.4 Å². The van der Waals surface area contributed by atoms with Crippen LogP contribution in [0.1, 0.15) is 11.4 Å². The van der Waals surface area contributed by atoms with Gasteiger partial charge in [-0.15, -0.1) is 0 Å². The number of nitrogens with one attached hydrogen (secondary N) is 1. The monoisotopic (exact) mass is 399 g/mol. The molecule has 0 fully saturated rings. The smallest absolute Gasteiger partial charge is 0.311 e. The number of carbonyl (C=O) groups excluding carboxylic acids is 1. The Morgan fingerprint density at radius 1 is 1.00 bits per heavy atom. The number of anilines is 1. The van der Waals surface area contributed by atoms with Gasteiger partial charge in [0.15, 0.2) is 0 Å². The van der Waals surface area contributed by atoms with Crippen LogP contribution in [0.4, 0.5) is 19.0 Å². The third-order valence-corrected chi connectivity index (χ3v) is 4.37. The van der Waals surface area contributed by atoms with Crippen LogP contribution in [0.2, 0.25) is 0 Å². The van der Waals surface area contributed by atoms with Crippen LogP contribution in [0.25, 0.3) is 11.0 Å². The van der Waals surface area contributed by atoms with Crippen LogP contribution in [0.15, 0.2) is 66.9 Å². The van der Waals surface area contributed by atoms with Crippen LogP contribution in [0.3, 0.4) is 0 Å². The molecular formula is C20H16F3N5O. The Bertz CT molecular complexity index is 1150. The van der Waals surface area contributed by atoms with Crippen molar-refractivity contribution in [2.24, 2.45) is 0 Å². The zero-order chi connectivity index (χ0) is 20.4. The highest BCUT2D eigenvalue weighted by molar-refractivity contribution is 5.91. The number of nitrogens with zero attached hydrogens (tertiary/aromatic N) is 4. The normalized spacial score (nSPS) is 11.7. The fourth-order valence-electron chi connectivity index (χ4n) is 3.10. The molecule has 148 valence electrons. The number of imidazole rings is 1. The predicted octanol–water partition coefficient (Wildman–Crippen LogP) is 3.94. The van der Waals surface area contributed by atoms with Crippen LogP contribution in [-0.2, 0) is 24.1 Å². The van der Waals surface area contributed by atoms with E-state index in [9.17, 15) is 18.0 Å². The quantitative estimate of drug-likeness (QED) is 0.553. The minimum atomic E-state index is -4.67. The minimum absolute atomic E-state index is 0.182. The van der Waals surface area contributed by atoms with Gasteiger partial charge < -0.3 is 9.88 Å². The second-order valence-electron chi connectivity index (χ2n) is 6.42. The lowest BCUT2D eigenvalue weighted by molar-refractivity contribution is -0.147. The Labute approximate surface area is 163 Å². The van der Waals surface area contributed by atoms with Crippen molar-refractivity contribution in [1.82, 2.24) is 19.3 Å². The first kappa shape index (κ1) is 18.7. The molecule has 0 aliphatic carbocycles. The zero-order valence-corrected chi connectivity index (χ0v) is 15.1. The molecule has 0 bridgehead atoms. The SMILES string of the molecule is O=C(Cn1c(C(F)(F)F)nc2ccccc21)Nc1ccnn1Cc1ccccc1. The number of alkyl halides is 3. The van der Waals surface area contributed by atoms with Crippen molar-refractivity contribution in [3.63, 3.8) is 0 Å². The van der Waals surface area contributed by atoms with E-state index >= 15 is 0 Å². The second kappa shape index (κ2) is 7.42. The van der Waals surface area contributed by atoms with Crippen LogP contribution >= 0.6 is 0 Å². The maximum absolute atomic E-state index is 13.4. The van der Waals surface area contributed by atoms with Crippen molar-refractivity contribution >= 4 is 22.8 Å². The van der Waals surface area contributed by atoms with Crippen molar-refractivity contribution in [3.8, 4) is 0 Å². The van der Waals surface area contributed by atoms with Gasteiger partial charge in [0.05, 0.1) is 23.8 Å². The lowest BCUT2D eigenvalue weighted by Crippen LogP contribution is -2.24. The van der Waals surface area contributed by atoms with Crippen LogP contribution in [0, 0.1) is 0 Å². The summed E-state index contributed by atoms with van der Waals surface area (Å²) in [4.78, 5) is 16.2. The zero-order valence-electron chi connectivity index (χ0n) is 15.1. The van der Waals surface area contributed by atoms with E-state index in [1.807, 2.05) is 30.3 Å². The molecule has 0 unspecified atom stereocenters. The average Bonchev–Trinajstić information content (AvgIpc) is 3.27. The second-order valence-corrected chi connectivity index (χ2v) is 6.42. The lowest BCUT2D eigenvalue weighted by atomic mass is 10.2. The summed E-state index contributed by atoms with van der Waals surface area (Å²) in [6.45, 7) is -0.100. The summed E-state index contributed by atoms with van der Waals surface area (Å²) in [5, 5.41) is 6.81. The molecule has 2 heterocycles. The Kier molecular flexibility index (Phi) is 4.79. The number of halogens is 3. The van der Waals surface area contributed by atoms with Gasteiger partial charge in [-0.2, -0.15) is 18.3 Å². The topological polar surface area (TPSA) is 64.7 Å². The summed E-state index contributed by atoms with van der Waals surface area (Å²) in [6, 6.07) is 17.3. The highest BCUT2D eigenvalue weighted by atomic mass is 19.4. The molecule has 9 heteroatoms. The number of hydrogen-bond donors (Lipinski definition) is 1. The van der Waals surface area contributed by atoms with Gasteiger partial charge in [-0.25, -0.2) is 9.67 Å². The third kappa shape index (κ3) is 3.98. The summed E-state index contributed by atoms with van der Waals surface area (Å²) in [7, 11) is 0. The molecule has 2 aromatic heterocycles. The predicted molar refractivity (Wildman–Crippen MR) is 101 cm³/mol. The summed E-state index contributed by atoms with van der Waals surface area (Å²) in [5.41, 5.74) is 1.40. The van der Waals surface area contributed by atoms with Crippen molar-refractivity contribution < 1.29 is 18.0 Å². The summed E-state index contributed by atoms with van der Waals surface area (Å²) in [6.07, 6.45) is -3.15. The molecule has 2 aromatic carbocycles. The number of amides is 1. The van der Waals surface area contributed by atoms with Gasteiger partial charge in [0.25, 0.3) is 0 Å². The Morgan fingerprint density at radius 2 is 1.72 bits per heavy atom. The van der Waals surface area contributed by atoms with E-state index < -0.39 is 24.5 Å². The van der Waals surface area contributed by atoms with Crippen LogP contribution in [-0.4, -0.2) is 25.2 Å². The van der Waals surface area contributed by atoms with Gasteiger partial charge in [-0.05, 0) is 17.7 Å². The van der Waals surface area contributed by atoms with Crippen molar-refractivity contribution in [2.75, 3.05) is 5.32 Å². The standard InChI is InChI=1S/C20H16F3N5O/c21-20(22,23)19-25-15-8-4-5-9-16(15)27(19)13-18(29)26-17-10-11-24-28(17)12-14-6-2-1-3-7-14/h1-11H,12-13H2,(H,26,29). The first-order valence-electron chi connectivity index (χ1n) is 8.80. The number of aromatic nitrogens is 4. The first-order valence-corrected chi connectivity index (χ1v) is 8.80. The summed E-state index contributed by atoms with van der Waals surface area (Å²) in [5.74, 6) is -1.31. The van der Waals surface area contributed by atoms with E-state index in [-0.39, 0.29) is 11.0 Å². The molecule has 0 atom stereocenters. The van der Waals surface area contributed by atoms with Crippen molar-refractivity contribution in [1.29, 1.82) is 0 Å². The van der Waals surface area contributed by atoms with Gasteiger partial charge in [0, 0.05) is 6.07 Å². The molecule has 6 nitrogen and oxygen atoms in total. The maximum Gasteiger partial charge on any atom is 0.449 e. The number of hydrogen-bond acceptors (Lipinski definition) is 3. The van der Waals surface area contributed by atoms with Gasteiger partial charge in [-0.3, -0.25) is 4.79 Å². The highest BCUT2D eigenvalue weighted by Gasteiger charge is 2.38. The van der Waals surface area contributed by atoms with Gasteiger partial charge in [0.1, 0.15) is 12.4 Å². The molecule has 1 amide bonds. The van der Waals surface area contributed by atoms with Crippen molar-refractivity contribution in [2.45, 2.75) is 19.3 Å². The molecule has 0 aliphatic rings. The van der Waals surface area contributed by atoms with Crippen LogP contribution in [0.5, 0.6) is 0 Å². The number of para-hydroxylation sites is 2. The molecule has 0 aliphatic heterocycles. The molecule has 4 rings (SSSR count). The van der Waals surface area contributed by atoms with E-state index in [0.29, 0.717) is 12.4 Å². The molecule has 29 heavy (non-hydrogen) atoms. The summed E-state index contributed by atoms with van der Waals surface area (Å²) >= 11 is 0. The number of rotatable bonds is 5. The molecule has 0 radical (unpaired) electrons. The Balaban J connectivity index is 1.57. The van der Waals surface area contributed by atoms with Gasteiger partial charge in [-0.1, -0.05) is 42.5 Å². The molecule has 0 saturated heterocycles. The van der Waals surface area contributed by atoms with Crippen LogP contribution < -0.4 is 5.32 Å². The largest absolute Gasteiger partial charge is 0.449 e. The van der Waals surface area contributed by atoms with E-state index in [0.717, 1.165) is 10.1 Å². The lowest BCUT2D eigenvalue weighted by Gasteiger charge is -2.13. The summed E-state index contributed by atoms with van der Waals surface area (Å²) < 4.78 is 42.6. The van der Waals surface area contributed by atoms with E-state index in [1.54, 1.807) is 22.9 Å². The van der Waals surface area contributed by atoms with E-state index in [4.69, 9.17) is 0 Å². The fraction of sp³-hybridized carbons (Fsp3) is 0.150. The third-order valence-electron chi connectivity index (χ3n) is 4.37. The number of carbonyl (C=O) groups is 1. The molecular weight excluding hydrogens is 383 g/mol. The van der Waals surface area contributed by atoms with Gasteiger partial charge >= 0.3 is 6.18 Å². The van der Waals surface area contributed by atoms with Crippen molar-refractivity contribution in [3.05, 3.63) is 78.2 Å². The maximum atomic E-state index is 13.4. The van der Waals surface area contributed by atoms with Gasteiger partial charge in [0.2, 0.25) is 11.7 Å². The fourth-order valence-corrected chi connectivity index (χ4v) is 3.10. The molecule has 4 aromatic rings. The average molecular weight is 399 g/mol. The highest BCUT2D eigenvalue weighted by Crippen LogP contribution is 2.31. The Morgan fingerprint density at radius 3 is 2.48 bits per heavy atom. The Hall–Kier alpha value is -3.62. The molecule has 0 saturated carbocycles. The number of benzene rings is 2. The first-order chi connectivity index (χ1) is 13.9. The molecule has 1 N–H and O–H groups in total. The molecule has 0 spiro atoms. The number of fused-ring (bicyclic) bond motifs is 1.